The highest BCUT2D eigenvalue weighted by atomic mass is 16.3. The normalized spacial score (nSPS) is 10.7. The number of furan rings is 1. The minimum absolute atomic E-state index is 0.0472. The van der Waals surface area contributed by atoms with Crippen LogP contribution in [0.3, 0.4) is 0 Å². The van der Waals surface area contributed by atoms with Crippen LogP contribution in [0.15, 0.2) is 62.9 Å². The van der Waals surface area contributed by atoms with Gasteiger partial charge in [-0.3, -0.25) is 14.2 Å². The van der Waals surface area contributed by atoms with Crippen LogP contribution >= 0.6 is 0 Å². The number of carbonyl (C=O) groups excluding carboxylic acids is 1. The Kier molecular flexibility index (Phi) is 5.71. The van der Waals surface area contributed by atoms with Gasteiger partial charge in [-0.05, 0) is 42.7 Å². The molecule has 0 atom stereocenters. The van der Waals surface area contributed by atoms with Gasteiger partial charge < -0.3 is 14.7 Å². The van der Waals surface area contributed by atoms with Crippen molar-refractivity contribution in [3.63, 3.8) is 0 Å². The number of anilines is 1. The van der Waals surface area contributed by atoms with E-state index in [9.17, 15) is 14.4 Å². The molecule has 2 aromatic heterocycles. The Morgan fingerprint density at radius 3 is 2.63 bits per heavy atom. The van der Waals surface area contributed by atoms with E-state index in [4.69, 9.17) is 4.42 Å². The number of hydrogen-bond donors (Lipinski definition) is 2. The first kappa shape index (κ1) is 18.4. The molecule has 0 radical (unpaired) electrons. The number of unbranched alkanes of at least 4 members (excludes halogenated alkanes) is 1. The zero-order valence-electron chi connectivity index (χ0n) is 15.0. The SMILES string of the molecule is CCCCc1ccc(NC(=O)c2c[nH]c(=O)n(Cc3ccco3)c2=O)cc1. The topological polar surface area (TPSA) is 97.1 Å². The summed E-state index contributed by atoms with van der Waals surface area (Å²) in [5.41, 5.74) is 0.361. The number of nitrogens with one attached hydrogen (secondary N) is 2. The lowest BCUT2D eigenvalue weighted by Gasteiger charge is -2.08. The number of carbonyl (C=O) groups is 1. The van der Waals surface area contributed by atoms with E-state index >= 15 is 0 Å². The third-order valence-corrected chi connectivity index (χ3v) is 4.23. The molecule has 7 nitrogen and oxygen atoms in total. The highest BCUT2D eigenvalue weighted by Crippen LogP contribution is 2.12. The number of H-pyrrole nitrogens is 1. The lowest BCUT2D eigenvalue weighted by Crippen LogP contribution is -2.39. The molecule has 0 aliphatic heterocycles. The summed E-state index contributed by atoms with van der Waals surface area (Å²) in [6.07, 6.45) is 5.80. The maximum atomic E-state index is 12.6. The number of benzene rings is 1. The van der Waals surface area contributed by atoms with Gasteiger partial charge in [-0.25, -0.2) is 4.79 Å². The molecule has 7 heteroatoms. The van der Waals surface area contributed by atoms with Gasteiger partial charge in [-0.1, -0.05) is 25.5 Å². The van der Waals surface area contributed by atoms with Gasteiger partial charge in [0.15, 0.2) is 0 Å². The molecule has 1 amide bonds. The second-order valence-electron chi connectivity index (χ2n) is 6.23. The molecule has 27 heavy (non-hydrogen) atoms. The van der Waals surface area contributed by atoms with Crippen molar-refractivity contribution in [2.24, 2.45) is 0 Å². The molecule has 3 aromatic rings. The molecule has 0 saturated carbocycles. The van der Waals surface area contributed by atoms with E-state index in [0.717, 1.165) is 30.0 Å². The average molecular weight is 367 g/mol. The fourth-order valence-corrected chi connectivity index (χ4v) is 2.71. The van der Waals surface area contributed by atoms with Crippen molar-refractivity contribution in [3.05, 3.63) is 86.6 Å². The van der Waals surface area contributed by atoms with Gasteiger partial charge in [0, 0.05) is 11.9 Å². The van der Waals surface area contributed by atoms with Gasteiger partial charge in [0.2, 0.25) is 0 Å². The number of aryl methyl sites for hydroxylation is 1. The van der Waals surface area contributed by atoms with E-state index < -0.39 is 17.2 Å². The van der Waals surface area contributed by atoms with Crippen LogP contribution in [0.1, 0.15) is 41.4 Å². The molecular weight excluding hydrogens is 346 g/mol. The average Bonchev–Trinajstić information content (AvgIpc) is 3.18. The minimum Gasteiger partial charge on any atom is -0.467 e. The Morgan fingerprint density at radius 1 is 1.19 bits per heavy atom. The van der Waals surface area contributed by atoms with Gasteiger partial charge in [0.05, 0.1) is 12.8 Å². The van der Waals surface area contributed by atoms with E-state index in [-0.39, 0.29) is 12.1 Å². The zero-order valence-corrected chi connectivity index (χ0v) is 15.0. The molecule has 140 valence electrons. The first-order chi connectivity index (χ1) is 13.1. The van der Waals surface area contributed by atoms with Gasteiger partial charge >= 0.3 is 5.69 Å². The van der Waals surface area contributed by atoms with Crippen LogP contribution in [-0.2, 0) is 13.0 Å². The molecule has 0 fully saturated rings. The summed E-state index contributed by atoms with van der Waals surface area (Å²) in [5, 5.41) is 2.69. The van der Waals surface area contributed by atoms with Crippen molar-refractivity contribution in [1.29, 1.82) is 0 Å². The van der Waals surface area contributed by atoms with Gasteiger partial charge in [-0.2, -0.15) is 0 Å². The zero-order chi connectivity index (χ0) is 19.2. The smallest absolute Gasteiger partial charge is 0.328 e. The molecule has 2 N–H and O–H groups in total. The highest BCUT2D eigenvalue weighted by Gasteiger charge is 2.15. The number of amides is 1. The molecule has 3 rings (SSSR count). The number of aromatic amines is 1. The fourth-order valence-electron chi connectivity index (χ4n) is 2.71. The Bertz CT molecular complexity index is 1010. The van der Waals surface area contributed by atoms with Crippen molar-refractivity contribution >= 4 is 11.6 Å². The van der Waals surface area contributed by atoms with Crippen molar-refractivity contribution < 1.29 is 9.21 Å². The first-order valence-electron chi connectivity index (χ1n) is 8.83. The van der Waals surface area contributed by atoms with Crippen molar-refractivity contribution in [1.82, 2.24) is 9.55 Å². The van der Waals surface area contributed by atoms with Crippen LogP contribution in [-0.4, -0.2) is 15.5 Å². The van der Waals surface area contributed by atoms with Crippen LogP contribution in [0.4, 0.5) is 5.69 Å². The molecular formula is C20H21N3O4. The molecule has 1 aromatic carbocycles. The summed E-state index contributed by atoms with van der Waals surface area (Å²) in [5.74, 6) is -0.131. The predicted octanol–water partition coefficient (Wildman–Crippen LogP) is 2.77. The van der Waals surface area contributed by atoms with Crippen LogP contribution in [0.25, 0.3) is 0 Å². The van der Waals surface area contributed by atoms with Crippen LogP contribution in [0.2, 0.25) is 0 Å². The Labute approximate surface area is 155 Å². The van der Waals surface area contributed by atoms with E-state index in [2.05, 4.69) is 17.2 Å². The number of aromatic nitrogens is 2. The molecule has 0 aliphatic carbocycles. The Morgan fingerprint density at radius 2 is 1.96 bits per heavy atom. The largest absolute Gasteiger partial charge is 0.467 e. The quantitative estimate of drug-likeness (QED) is 0.671. The predicted molar refractivity (Wildman–Crippen MR) is 102 cm³/mol. The molecule has 2 heterocycles. The van der Waals surface area contributed by atoms with E-state index in [0.29, 0.717) is 11.4 Å². The summed E-state index contributed by atoms with van der Waals surface area (Å²) in [4.78, 5) is 39.4. The molecule has 0 aliphatic rings. The first-order valence-corrected chi connectivity index (χ1v) is 8.83. The summed E-state index contributed by atoms with van der Waals surface area (Å²) >= 11 is 0. The third kappa shape index (κ3) is 4.44. The second-order valence-corrected chi connectivity index (χ2v) is 6.23. The monoisotopic (exact) mass is 367 g/mol. The lowest BCUT2D eigenvalue weighted by atomic mass is 10.1. The van der Waals surface area contributed by atoms with E-state index in [1.807, 2.05) is 12.1 Å². The minimum atomic E-state index is -0.674. The molecule has 0 spiro atoms. The number of nitrogens with zero attached hydrogens (tertiary/aromatic N) is 1. The summed E-state index contributed by atoms with van der Waals surface area (Å²) in [7, 11) is 0. The van der Waals surface area contributed by atoms with Crippen LogP contribution in [0.5, 0.6) is 0 Å². The molecule has 0 saturated heterocycles. The highest BCUT2D eigenvalue weighted by molar-refractivity contribution is 6.03. The molecule has 0 unspecified atom stereocenters. The van der Waals surface area contributed by atoms with Crippen molar-refractivity contribution in [2.75, 3.05) is 5.32 Å². The Balaban J connectivity index is 1.78. The van der Waals surface area contributed by atoms with E-state index in [1.54, 1.807) is 24.3 Å². The van der Waals surface area contributed by atoms with Crippen LogP contribution < -0.4 is 16.6 Å². The van der Waals surface area contributed by atoms with E-state index in [1.165, 1.54) is 11.8 Å². The number of hydrogen-bond acceptors (Lipinski definition) is 4. The van der Waals surface area contributed by atoms with Crippen LogP contribution in [0, 0.1) is 0 Å². The third-order valence-electron chi connectivity index (χ3n) is 4.23. The van der Waals surface area contributed by atoms with Gasteiger partial charge in [-0.15, -0.1) is 0 Å². The maximum Gasteiger partial charge on any atom is 0.328 e. The second kappa shape index (κ2) is 8.35. The van der Waals surface area contributed by atoms with Crippen molar-refractivity contribution in [3.8, 4) is 0 Å². The lowest BCUT2D eigenvalue weighted by molar-refractivity contribution is 0.102. The molecule has 0 bridgehead atoms. The van der Waals surface area contributed by atoms with Gasteiger partial charge in [0.25, 0.3) is 11.5 Å². The maximum absolute atomic E-state index is 12.6. The Hall–Kier alpha value is -3.35. The summed E-state index contributed by atoms with van der Waals surface area (Å²) < 4.78 is 6.10. The summed E-state index contributed by atoms with van der Waals surface area (Å²) in [6, 6.07) is 10.8. The van der Waals surface area contributed by atoms with Crippen molar-refractivity contribution in [2.45, 2.75) is 32.7 Å². The standard InChI is InChI=1S/C20H21N3O4/c1-2-3-5-14-7-9-15(10-8-14)22-18(24)17-12-21-20(26)23(19(17)25)13-16-6-4-11-27-16/h4,6-12H,2-3,5,13H2,1H3,(H,21,26)(H,22,24). The fraction of sp³-hybridized carbons (Fsp3) is 0.250. The number of rotatable bonds is 7. The summed E-state index contributed by atoms with van der Waals surface area (Å²) in [6.45, 7) is 2.09. The van der Waals surface area contributed by atoms with Gasteiger partial charge in [0.1, 0.15) is 11.3 Å².